The Kier molecular flexibility index (Phi) is 8.59. The second-order valence-corrected chi connectivity index (χ2v) is 9.37. The number of nitrogens with zero attached hydrogens (tertiary/aromatic N) is 3. The van der Waals surface area contributed by atoms with Gasteiger partial charge in [-0.2, -0.15) is 8.75 Å². The number of aryl methyl sites for hydroxylation is 1. The molecule has 1 amide bonds. The van der Waals surface area contributed by atoms with Crippen LogP contribution < -0.4 is 9.62 Å². The molecule has 0 spiro atoms. The van der Waals surface area contributed by atoms with Crippen molar-refractivity contribution in [3.8, 4) is 0 Å². The van der Waals surface area contributed by atoms with Gasteiger partial charge in [0, 0.05) is 18.8 Å². The van der Waals surface area contributed by atoms with Gasteiger partial charge < -0.3 is 9.87 Å². The lowest BCUT2D eigenvalue weighted by Gasteiger charge is -2.27. The fraction of sp³-hybridized carbons (Fsp3) is 0.160. The summed E-state index contributed by atoms with van der Waals surface area (Å²) < 4.78 is 34.7. The summed E-state index contributed by atoms with van der Waals surface area (Å²) in [4.78, 5) is 13.2. The molecule has 3 aromatic carbocycles. The maximum absolute atomic E-state index is 13.2. The van der Waals surface area contributed by atoms with E-state index in [0.717, 1.165) is 32.7 Å². The minimum Gasteiger partial charge on any atom is -0.755 e. The van der Waals surface area contributed by atoms with Gasteiger partial charge in [-0.05, 0) is 35.2 Å². The van der Waals surface area contributed by atoms with E-state index in [1.807, 2.05) is 60.7 Å². The number of anilines is 2. The van der Waals surface area contributed by atoms with Crippen LogP contribution in [-0.2, 0) is 30.7 Å². The molecule has 0 bridgehead atoms. The number of amides is 1. The van der Waals surface area contributed by atoms with E-state index in [1.54, 1.807) is 18.2 Å². The van der Waals surface area contributed by atoms with Gasteiger partial charge in [0.25, 0.3) is 5.91 Å². The number of halogens is 1. The Hall–Kier alpha value is -3.11. The monoisotopic (exact) mass is 525 g/mol. The summed E-state index contributed by atoms with van der Waals surface area (Å²) in [6.45, 7) is 0.306. The van der Waals surface area contributed by atoms with Gasteiger partial charge >= 0.3 is 0 Å². The molecule has 7 nitrogen and oxygen atoms in total. The van der Waals surface area contributed by atoms with Gasteiger partial charge in [-0.25, -0.2) is 0 Å². The Morgan fingerprint density at radius 3 is 2.31 bits per heavy atom. The molecule has 1 N–H and O–H groups in total. The molecule has 0 aliphatic heterocycles. The lowest BCUT2D eigenvalue weighted by atomic mass is 10.1. The van der Waals surface area contributed by atoms with E-state index < -0.39 is 17.2 Å². The van der Waals surface area contributed by atoms with Gasteiger partial charge in [-0.3, -0.25) is 13.3 Å². The van der Waals surface area contributed by atoms with Crippen LogP contribution in [0.15, 0.2) is 78.9 Å². The molecule has 4 aromatic rings. The third kappa shape index (κ3) is 6.32. The second-order valence-electron chi connectivity index (χ2n) is 7.67. The molecule has 10 heteroatoms. The molecule has 4 rings (SSSR count). The Balaban J connectivity index is 1.71. The first-order valence-electron chi connectivity index (χ1n) is 10.8. The van der Waals surface area contributed by atoms with Crippen LogP contribution in [0, 0.1) is 0 Å². The first-order chi connectivity index (χ1) is 17.1. The smallest absolute Gasteiger partial charge is 0.253 e. The second kappa shape index (κ2) is 12.0. The number of hydrogen-bond acceptors (Lipinski definition) is 6. The zero-order valence-corrected chi connectivity index (χ0v) is 21.0. The van der Waals surface area contributed by atoms with Gasteiger partial charge in [0.2, 0.25) is 0 Å². The van der Waals surface area contributed by atoms with Crippen LogP contribution >= 0.6 is 23.3 Å². The van der Waals surface area contributed by atoms with Crippen LogP contribution in [0.3, 0.4) is 0 Å². The lowest BCUT2D eigenvalue weighted by molar-refractivity contribution is 0.0951. The Morgan fingerprint density at radius 2 is 1.66 bits per heavy atom. The van der Waals surface area contributed by atoms with Crippen LogP contribution in [0.25, 0.3) is 0 Å². The lowest BCUT2D eigenvalue weighted by Crippen LogP contribution is -2.28. The molecule has 35 heavy (non-hydrogen) atoms. The van der Waals surface area contributed by atoms with Crippen molar-refractivity contribution >= 4 is 52.0 Å². The number of benzene rings is 3. The first kappa shape index (κ1) is 25.0. The molecule has 1 aromatic heterocycles. The maximum Gasteiger partial charge on any atom is 0.253 e. The van der Waals surface area contributed by atoms with Gasteiger partial charge in [-0.1, -0.05) is 66.7 Å². The molecule has 180 valence electrons. The standard InChI is InChI=1S/C25H23ClN4O3S2/c26-14-13-19-11-12-21(25(31)27-17-20-9-5-2-6-10-20)23(16-19)30(35(32)33)24-22(28-34-29-24)15-18-7-3-1-4-8-18/h1-12,16H,13-15,17H2,(H,27,31)(H,32,33)/p-1. The van der Waals surface area contributed by atoms with E-state index in [1.165, 1.54) is 0 Å². The zero-order valence-electron chi connectivity index (χ0n) is 18.6. The topological polar surface area (TPSA) is 98.2 Å². The highest BCUT2D eigenvalue weighted by atomic mass is 35.5. The first-order valence-corrected chi connectivity index (χ1v) is 13.1. The van der Waals surface area contributed by atoms with Crippen LogP contribution in [0.1, 0.15) is 32.7 Å². The van der Waals surface area contributed by atoms with Gasteiger partial charge in [0.1, 0.15) is 5.69 Å². The predicted molar refractivity (Wildman–Crippen MR) is 139 cm³/mol. The minimum atomic E-state index is -2.76. The van der Waals surface area contributed by atoms with Crippen LogP contribution in [-0.4, -0.2) is 29.3 Å². The number of carbonyl (C=O) groups excluding carboxylic acids is 1. The van der Waals surface area contributed by atoms with E-state index in [9.17, 15) is 13.6 Å². The summed E-state index contributed by atoms with van der Waals surface area (Å²) in [5.41, 5.74) is 3.62. The summed E-state index contributed by atoms with van der Waals surface area (Å²) in [7, 11) is 0. The van der Waals surface area contributed by atoms with E-state index in [2.05, 4.69) is 14.1 Å². The van der Waals surface area contributed by atoms with Gasteiger partial charge in [0.15, 0.2) is 5.82 Å². The van der Waals surface area contributed by atoms with E-state index in [-0.39, 0.29) is 17.1 Å². The number of hydrogen-bond donors (Lipinski definition) is 1. The summed E-state index contributed by atoms with van der Waals surface area (Å²) in [6.07, 6.45) is 0.920. The number of carbonyl (C=O) groups is 1. The molecule has 1 atom stereocenters. The van der Waals surface area contributed by atoms with Crippen molar-refractivity contribution in [1.82, 2.24) is 14.1 Å². The van der Waals surface area contributed by atoms with Crippen LogP contribution in [0.5, 0.6) is 0 Å². The number of nitrogens with one attached hydrogen (secondary N) is 1. The van der Waals surface area contributed by atoms with Crippen molar-refractivity contribution < 1.29 is 13.6 Å². The summed E-state index contributed by atoms with van der Waals surface area (Å²) in [6, 6.07) is 24.1. The van der Waals surface area contributed by atoms with Gasteiger partial charge in [0.05, 0.1) is 34.2 Å². The Labute approximate surface area is 215 Å². The third-order valence-corrected chi connectivity index (χ3v) is 6.71. The molecule has 1 unspecified atom stereocenters. The fourth-order valence-corrected chi connectivity index (χ4v) is 5.02. The number of aromatic nitrogens is 2. The van der Waals surface area contributed by atoms with Crippen molar-refractivity contribution in [3.05, 3.63) is 107 Å². The average molecular weight is 526 g/mol. The SMILES string of the molecule is O=C(NCc1ccccc1)c1ccc(CCCl)cc1N(c1nsnc1Cc1ccccc1)S(=O)[O-]. The largest absolute Gasteiger partial charge is 0.755 e. The summed E-state index contributed by atoms with van der Waals surface area (Å²) in [5.74, 6) is 0.133. The summed E-state index contributed by atoms with van der Waals surface area (Å²) >= 11 is 4.10. The highest BCUT2D eigenvalue weighted by Crippen LogP contribution is 2.33. The normalized spacial score (nSPS) is 11.7. The highest BCUT2D eigenvalue weighted by molar-refractivity contribution is 7.81. The van der Waals surface area contributed by atoms with Crippen LogP contribution in [0.2, 0.25) is 0 Å². The van der Waals surface area contributed by atoms with Crippen molar-refractivity contribution in [2.45, 2.75) is 19.4 Å². The van der Waals surface area contributed by atoms with E-state index in [4.69, 9.17) is 11.6 Å². The minimum absolute atomic E-state index is 0.173. The Morgan fingerprint density at radius 1 is 0.971 bits per heavy atom. The van der Waals surface area contributed by atoms with Crippen molar-refractivity contribution in [2.75, 3.05) is 10.2 Å². The molecule has 0 fully saturated rings. The molecule has 0 saturated heterocycles. The molecule has 0 aliphatic rings. The number of rotatable bonds is 10. The van der Waals surface area contributed by atoms with Crippen molar-refractivity contribution in [3.63, 3.8) is 0 Å². The van der Waals surface area contributed by atoms with E-state index in [0.29, 0.717) is 31.0 Å². The zero-order chi connectivity index (χ0) is 24.6. The molecule has 0 saturated carbocycles. The van der Waals surface area contributed by atoms with Gasteiger partial charge in [-0.15, -0.1) is 11.6 Å². The quantitative estimate of drug-likeness (QED) is 0.237. The molecule has 1 heterocycles. The fourth-order valence-electron chi connectivity index (χ4n) is 3.60. The highest BCUT2D eigenvalue weighted by Gasteiger charge is 2.24. The van der Waals surface area contributed by atoms with Crippen molar-refractivity contribution in [2.24, 2.45) is 0 Å². The predicted octanol–water partition coefficient (Wildman–Crippen LogP) is 4.77. The maximum atomic E-state index is 13.2. The van der Waals surface area contributed by atoms with E-state index >= 15 is 0 Å². The Bertz CT molecular complexity index is 1300. The average Bonchev–Trinajstić information content (AvgIpc) is 3.31. The molecule has 0 aliphatic carbocycles. The molecule has 0 radical (unpaired) electrons. The van der Waals surface area contributed by atoms with Crippen molar-refractivity contribution in [1.29, 1.82) is 0 Å². The summed E-state index contributed by atoms with van der Waals surface area (Å²) in [5, 5.41) is 2.87. The molecular weight excluding hydrogens is 504 g/mol. The third-order valence-electron chi connectivity index (χ3n) is 5.30. The number of alkyl halides is 1. The molecular formula is C25H22ClN4O3S2-. The van der Waals surface area contributed by atoms with Crippen LogP contribution in [0.4, 0.5) is 11.5 Å².